The Morgan fingerprint density at radius 3 is 2.29 bits per heavy atom. The Morgan fingerprint density at radius 1 is 1.00 bits per heavy atom. The highest BCUT2D eigenvalue weighted by Gasteiger charge is 2.31. The van der Waals surface area contributed by atoms with Crippen molar-refractivity contribution in [2.75, 3.05) is 5.32 Å². The van der Waals surface area contributed by atoms with E-state index >= 15 is 0 Å². The fraction of sp³-hybridized carbons (Fsp3) is 0.250. The number of benzene rings is 2. The molecule has 0 aliphatic heterocycles. The van der Waals surface area contributed by atoms with Gasteiger partial charge in [0, 0.05) is 6.54 Å². The molecule has 0 aliphatic rings. The second-order valence-corrected chi connectivity index (χ2v) is 4.67. The van der Waals surface area contributed by atoms with E-state index < -0.39 is 17.6 Å². The van der Waals surface area contributed by atoms with Crippen LogP contribution in [0.3, 0.4) is 0 Å². The highest BCUT2D eigenvalue weighted by atomic mass is 19.4. The molecule has 0 aromatic heterocycles. The van der Waals surface area contributed by atoms with Gasteiger partial charge < -0.3 is 5.32 Å². The zero-order chi connectivity index (χ0) is 15.5. The maximum Gasteiger partial charge on any atom is 0.416 e. The van der Waals surface area contributed by atoms with Gasteiger partial charge in [-0.05, 0) is 35.7 Å². The number of anilines is 1. The number of alkyl halides is 3. The largest absolute Gasteiger partial charge is 0.416 e. The quantitative estimate of drug-likeness (QED) is 0.781. The fourth-order valence-corrected chi connectivity index (χ4v) is 2.10. The van der Waals surface area contributed by atoms with E-state index in [4.69, 9.17) is 0 Å². The molecular weight excluding hydrogens is 282 g/mol. The number of nitrogens with one attached hydrogen (secondary N) is 1. The molecule has 0 bridgehead atoms. The minimum absolute atomic E-state index is 0.143. The highest BCUT2D eigenvalue weighted by molar-refractivity contribution is 5.49. The Bertz CT molecular complexity index is 620. The lowest BCUT2D eigenvalue weighted by molar-refractivity contribution is -0.137. The minimum atomic E-state index is -4.48. The van der Waals surface area contributed by atoms with Gasteiger partial charge in [0.05, 0.1) is 11.3 Å². The Morgan fingerprint density at radius 2 is 1.67 bits per heavy atom. The van der Waals surface area contributed by atoms with Crippen molar-refractivity contribution in [3.63, 3.8) is 0 Å². The van der Waals surface area contributed by atoms with E-state index in [0.29, 0.717) is 0 Å². The zero-order valence-corrected chi connectivity index (χ0v) is 11.5. The second kappa shape index (κ2) is 6.16. The van der Waals surface area contributed by atoms with Crippen LogP contribution in [0, 0.1) is 5.82 Å². The summed E-state index contributed by atoms with van der Waals surface area (Å²) in [5, 5.41) is 2.74. The molecule has 21 heavy (non-hydrogen) atoms. The molecule has 1 nitrogen and oxygen atoms in total. The average molecular weight is 297 g/mol. The molecule has 0 amide bonds. The summed E-state index contributed by atoms with van der Waals surface area (Å²) in [6.07, 6.45) is -3.67. The lowest BCUT2D eigenvalue weighted by Crippen LogP contribution is -2.08. The molecule has 112 valence electrons. The Balaban J connectivity index is 2.20. The van der Waals surface area contributed by atoms with Gasteiger partial charge in [-0.25, -0.2) is 4.39 Å². The van der Waals surface area contributed by atoms with Crippen molar-refractivity contribution >= 4 is 5.69 Å². The molecule has 0 heterocycles. The predicted octanol–water partition coefficient (Wildman–Crippen LogP) is 5.02. The number of halogens is 4. The average Bonchev–Trinajstić information content (AvgIpc) is 2.45. The summed E-state index contributed by atoms with van der Waals surface area (Å²) in [7, 11) is 0. The molecular formula is C16H15F4N. The Hall–Kier alpha value is -2.04. The standard InChI is InChI=1S/C16H15F4N/c1-2-11-5-3-4-6-12(11)10-21-15-9-13(16(18,19)20)7-8-14(15)17/h3-9,21H,2,10H2,1H3. The predicted molar refractivity (Wildman–Crippen MR) is 74.5 cm³/mol. The van der Waals surface area contributed by atoms with Crippen LogP contribution in [0.4, 0.5) is 23.2 Å². The first-order valence-corrected chi connectivity index (χ1v) is 6.59. The van der Waals surface area contributed by atoms with Crippen molar-refractivity contribution in [1.82, 2.24) is 0 Å². The van der Waals surface area contributed by atoms with Crippen LogP contribution in [0.15, 0.2) is 42.5 Å². The van der Waals surface area contributed by atoms with Gasteiger partial charge >= 0.3 is 6.18 Å². The van der Waals surface area contributed by atoms with Crippen molar-refractivity contribution in [2.45, 2.75) is 26.1 Å². The molecule has 2 rings (SSSR count). The van der Waals surface area contributed by atoms with Crippen molar-refractivity contribution in [3.05, 3.63) is 65.0 Å². The van der Waals surface area contributed by atoms with Crippen LogP contribution < -0.4 is 5.32 Å². The molecule has 0 saturated carbocycles. The minimum Gasteiger partial charge on any atom is -0.379 e. The molecule has 1 N–H and O–H groups in total. The van der Waals surface area contributed by atoms with E-state index in [0.717, 1.165) is 35.7 Å². The third-order valence-corrected chi connectivity index (χ3v) is 3.26. The first-order valence-electron chi connectivity index (χ1n) is 6.59. The lowest BCUT2D eigenvalue weighted by atomic mass is 10.1. The van der Waals surface area contributed by atoms with Crippen LogP contribution in [0.2, 0.25) is 0 Å². The van der Waals surface area contributed by atoms with Crippen molar-refractivity contribution in [2.24, 2.45) is 0 Å². The molecule has 0 unspecified atom stereocenters. The maximum atomic E-state index is 13.6. The third-order valence-electron chi connectivity index (χ3n) is 3.26. The Labute approximate surface area is 120 Å². The molecule has 0 atom stereocenters. The molecule has 0 aliphatic carbocycles. The van der Waals surface area contributed by atoms with Crippen molar-refractivity contribution in [1.29, 1.82) is 0 Å². The van der Waals surface area contributed by atoms with Crippen LogP contribution in [-0.4, -0.2) is 0 Å². The first kappa shape index (κ1) is 15.4. The van der Waals surface area contributed by atoms with Gasteiger partial charge in [0.25, 0.3) is 0 Å². The van der Waals surface area contributed by atoms with Gasteiger partial charge in [-0.1, -0.05) is 31.2 Å². The first-order chi connectivity index (χ1) is 9.91. The van der Waals surface area contributed by atoms with Gasteiger partial charge in [0.2, 0.25) is 0 Å². The third kappa shape index (κ3) is 3.74. The molecule has 2 aromatic rings. The summed E-state index contributed by atoms with van der Waals surface area (Å²) < 4.78 is 51.5. The van der Waals surface area contributed by atoms with Crippen LogP contribution in [0.1, 0.15) is 23.6 Å². The molecule has 0 spiro atoms. The van der Waals surface area contributed by atoms with Crippen molar-refractivity contribution in [3.8, 4) is 0 Å². The van der Waals surface area contributed by atoms with E-state index in [-0.39, 0.29) is 12.2 Å². The normalized spacial score (nSPS) is 11.5. The van der Waals surface area contributed by atoms with Crippen LogP contribution in [-0.2, 0) is 19.1 Å². The number of rotatable bonds is 4. The number of hydrogen-bond donors (Lipinski definition) is 1. The summed E-state index contributed by atoms with van der Waals surface area (Å²) in [5.74, 6) is -0.697. The second-order valence-electron chi connectivity index (χ2n) is 4.67. The summed E-state index contributed by atoms with van der Waals surface area (Å²) in [6, 6.07) is 9.92. The van der Waals surface area contributed by atoms with E-state index in [9.17, 15) is 17.6 Å². The molecule has 2 aromatic carbocycles. The Kier molecular flexibility index (Phi) is 4.50. The zero-order valence-electron chi connectivity index (χ0n) is 11.5. The monoisotopic (exact) mass is 297 g/mol. The fourth-order valence-electron chi connectivity index (χ4n) is 2.10. The van der Waals surface area contributed by atoms with Crippen molar-refractivity contribution < 1.29 is 17.6 Å². The highest BCUT2D eigenvalue weighted by Crippen LogP contribution is 2.32. The van der Waals surface area contributed by atoms with E-state index in [1.54, 1.807) is 0 Å². The van der Waals surface area contributed by atoms with Gasteiger partial charge in [0.1, 0.15) is 5.82 Å². The summed E-state index contributed by atoms with van der Waals surface area (Å²) in [4.78, 5) is 0. The van der Waals surface area contributed by atoms with Crippen LogP contribution in [0.25, 0.3) is 0 Å². The van der Waals surface area contributed by atoms with E-state index in [1.807, 2.05) is 31.2 Å². The van der Waals surface area contributed by atoms with Gasteiger partial charge in [-0.15, -0.1) is 0 Å². The molecule has 0 radical (unpaired) electrons. The smallest absolute Gasteiger partial charge is 0.379 e. The van der Waals surface area contributed by atoms with Gasteiger partial charge in [0.15, 0.2) is 0 Å². The molecule has 0 saturated heterocycles. The topological polar surface area (TPSA) is 12.0 Å². The molecule has 5 heteroatoms. The van der Waals surface area contributed by atoms with Gasteiger partial charge in [-0.3, -0.25) is 0 Å². The SMILES string of the molecule is CCc1ccccc1CNc1cc(C(F)(F)F)ccc1F. The summed E-state index contributed by atoms with van der Waals surface area (Å²) in [5.41, 5.74) is 1.01. The van der Waals surface area contributed by atoms with Crippen LogP contribution in [0.5, 0.6) is 0 Å². The maximum absolute atomic E-state index is 13.6. The van der Waals surface area contributed by atoms with Gasteiger partial charge in [-0.2, -0.15) is 13.2 Å². The number of aryl methyl sites for hydroxylation is 1. The van der Waals surface area contributed by atoms with Crippen LogP contribution >= 0.6 is 0 Å². The molecule has 0 fully saturated rings. The number of hydrogen-bond acceptors (Lipinski definition) is 1. The van der Waals surface area contributed by atoms with E-state index in [1.165, 1.54) is 0 Å². The summed E-state index contributed by atoms with van der Waals surface area (Å²) in [6.45, 7) is 2.27. The lowest BCUT2D eigenvalue weighted by Gasteiger charge is -2.13. The van der Waals surface area contributed by atoms with E-state index in [2.05, 4.69) is 5.32 Å². The summed E-state index contributed by atoms with van der Waals surface area (Å²) >= 11 is 0.